The van der Waals surface area contributed by atoms with Crippen LogP contribution in [0, 0.1) is 11.3 Å². The predicted octanol–water partition coefficient (Wildman–Crippen LogP) is 1.28. The summed E-state index contributed by atoms with van der Waals surface area (Å²) in [4.78, 5) is 0. The Morgan fingerprint density at radius 2 is 1.75 bits per heavy atom. The molecule has 0 heterocycles. The molecule has 0 aromatic heterocycles. The first kappa shape index (κ1) is 10.5. The molecule has 1 aromatic carbocycles. The fraction of sp³-hybridized carbons (Fsp3) is 0.222. The van der Waals surface area contributed by atoms with E-state index in [9.17, 15) is 0 Å². The summed E-state index contributed by atoms with van der Waals surface area (Å²) in [6.07, 6.45) is -0.810. The molecule has 0 spiro atoms. The molecule has 0 saturated carbocycles. The van der Waals surface area contributed by atoms with E-state index in [2.05, 4.69) is 0 Å². The van der Waals surface area contributed by atoms with Gasteiger partial charge in [-0.2, -0.15) is 5.26 Å². The van der Waals surface area contributed by atoms with Crippen molar-refractivity contribution in [3.8, 4) is 11.8 Å². The molecule has 0 fully saturated rings. The Labute approximate surface area is 71.5 Å². The monoisotopic (exact) mass is 165 g/mol. The van der Waals surface area contributed by atoms with Crippen molar-refractivity contribution >= 4 is 0 Å². The highest BCUT2D eigenvalue weighted by Gasteiger charge is 1.80. The zero-order valence-corrected chi connectivity index (χ0v) is 6.81. The first-order chi connectivity index (χ1) is 5.66. The lowest BCUT2D eigenvalue weighted by Crippen LogP contribution is -1.90. The predicted molar refractivity (Wildman–Crippen MR) is 45.4 cm³/mol. The molecule has 1 aromatic rings. The normalized spacial score (nSPS) is 10.4. The second-order valence-corrected chi connectivity index (χ2v) is 2.14. The molecule has 1 unspecified atom stereocenters. The maximum atomic E-state index is 8.63. The van der Waals surface area contributed by atoms with Crippen LogP contribution in [0.25, 0.3) is 0 Å². The molecule has 64 valence electrons. The molecule has 0 bridgehead atoms. The van der Waals surface area contributed by atoms with Gasteiger partial charge in [0.2, 0.25) is 0 Å². The van der Waals surface area contributed by atoms with Crippen LogP contribution in [0.4, 0.5) is 0 Å². The SMILES string of the molecule is CC(O)C#N.Oc1ccccc1. The van der Waals surface area contributed by atoms with Crippen molar-refractivity contribution in [3.05, 3.63) is 30.3 Å². The molecular formula is C9H11NO2. The van der Waals surface area contributed by atoms with Gasteiger partial charge >= 0.3 is 0 Å². The van der Waals surface area contributed by atoms with Crippen LogP contribution in [0.5, 0.6) is 5.75 Å². The van der Waals surface area contributed by atoms with Crippen molar-refractivity contribution in [1.82, 2.24) is 0 Å². The van der Waals surface area contributed by atoms with Crippen LogP contribution in [0.1, 0.15) is 6.92 Å². The second kappa shape index (κ2) is 6.20. The van der Waals surface area contributed by atoms with Crippen LogP contribution in [-0.2, 0) is 0 Å². The largest absolute Gasteiger partial charge is 0.508 e. The summed E-state index contributed by atoms with van der Waals surface area (Å²) in [7, 11) is 0. The fourth-order valence-electron chi connectivity index (χ4n) is 0.428. The minimum atomic E-state index is -0.810. The van der Waals surface area contributed by atoms with Gasteiger partial charge in [-0.25, -0.2) is 0 Å². The van der Waals surface area contributed by atoms with E-state index < -0.39 is 6.10 Å². The minimum Gasteiger partial charge on any atom is -0.508 e. The Balaban J connectivity index is 0.000000217. The first-order valence-electron chi connectivity index (χ1n) is 3.48. The molecule has 0 radical (unpaired) electrons. The lowest BCUT2D eigenvalue weighted by Gasteiger charge is -1.82. The molecule has 0 amide bonds. The maximum Gasteiger partial charge on any atom is 0.137 e. The number of para-hydroxylation sites is 1. The molecule has 12 heavy (non-hydrogen) atoms. The number of benzene rings is 1. The van der Waals surface area contributed by atoms with Crippen molar-refractivity contribution in [2.24, 2.45) is 0 Å². The number of phenolic OH excluding ortho intramolecular Hbond substituents is 1. The van der Waals surface area contributed by atoms with Crippen LogP contribution < -0.4 is 0 Å². The summed E-state index contributed by atoms with van der Waals surface area (Å²) < 4.78 is 0. The lowest BCUT2D eigenvalue weighted by molar-refractivity contribution is 0.251. The minimum absolute atomic E-state index is 0.322. The van der Waals surface area contributed by atoms with E-state index in [1.54, 1.807) is 30.3 Å². The first-order valence-corrected chi connectivity index (χ1v) is 3.48. The fourth-order valence-corrected chi connectivity index (χ4v) is 0.428. The second-order valence-electron chi connectivity index (χ2n) is 2.14. The molecule has 0 saturated heterocycles. The highest BCUT2D eigenvalue weighted by Crippen LogP contribution is 2.02. The molecular weight excluding hydrogens is 154 g/mol. The van der Waals surface area contributed by atoms with E-state index >= 15 is 0 Å². The van der Waals surface area contributed by atoms with Crippen LogP contribution in [0.2, 0.25) is 0 Å². The summed E-state index contributed by atoms with van der Waals surface area (Å²) in [5.41, 5.74) is 0. The quantitative estimate of drug-likeness (QED) is 0.569. The third-order valence-electron chi connectivity index (χ3n) is 0.943. The zero-order valence-electron chi connectivity index (χ0n) is 6.81. The number of rotatable bonds is 0. The molecule has 3 heteroatoms. The highest BCUT2D eigenvalue weighted by atomic mass is 16.3. The Morgan fingerprint density at radius 1 is 1.33 bits per heavy atom. The van der Waals surface area contributed by atoms with E-state index in [0.717, 1.165) is 0 Å². The number of aliphatic hydroxyl groups is 1. The molecule has 0 aliphatic rings. The Kier molecular flexibility index (Phi) is 5.41. The van der Waals surface area contributed by atoms with Crippen molar-refractivity contribution in [2.45, 2.75) is 13.0 Å². The molecule has 0 aliphatic carbocycles. The number of hydrogen-bond acceptors (Lipinski definition) is 3. The highest BCUT2D eigenvalue weighted by molar-refractivity contribution is 5.18. The van der Waals surface area contributed by atoms with Gasteiger partial charge in [0.15, 0.2) is 0 Å². The van der Waals surface area contributed by atoms with Gasteiger partial charge < -0.3 is 10.2 Å². The van der Waals surface area contributed by atoms with Gasteiger partial charge in [-0.3, -0.25) is 0 Å². The van der Waals surface area contributed by atoms with Gasteiger partial charge in [0.25, 0.3) is 0 Å². The van der Waals surface area contributed by atoms with Crippen LogP contribution in [-0.4, -0.2) is 16.3 Å². The van der Waals surface area contributed by atoms with E-state index in [-0.39, 0.29) is 0 Å². The van der Waals surface area contributed by atoms with E-state index in [0.29, 0.717) is 5.75 Å². The van der Waals surface area contributed by atoms with Gasteiger partial charge in [0.05, 0.1) is 6.07 Å². The number of nitrogens with zero attached hydrogens (tertiary/aromatic N) is 1. The lowest BCUT2D eigenvalue weighted by atomic mass is 10.3. The number of hydrogen-bond donors (Lipinski definition) is 2. The van der Waals surface area contributed by atoms with Crippen molar-refractivity contribution < 1.29 is 10.2 Å². The van der Waals surface area contributed by atoms with Crippen LogP contribution >= 0.6 is 0 Å². The van der Waals surface area contributed by atoms with E-state index in [1.807, 2.05) is 6.07 Å². The van der Waals surface area contributed by atoms with Crippen molar-refractivity contribution in [3.63, 3.8) is 0 Å². The summed E-state index contributed by atoms with van der Waals surface area (Å²) in [6, 6.07) is 10.3. The van der Waals surface area contributed by atoms with Crippen molar-refractivity contribution in [2.75, 3.05) is 0 Å². The zero-order chi connectivity index (χ0) is 9.40. The Bertz CT molecular complexity index is 238. The van der Waals surface area contributed by atoms with Gasteiger partial charge in [0, 0.05) is 0 Å². The van der Waals surface area contributed by atoms with E-state index in [1.165, 1.54) is 6.92 Å². The van der Waals surface area contributed by atoms with Gasteiger partial charge in [-0.05, 0) is 19.1 Å². The van der Waals surface area contributed by atoms with Crippen LogP contribution in [0.15, 0.2) is 30.3 Å². The summed E-state index contributed by atoms with van der Waals surface area (Å²) >= 11 is 0. The summed E-state index contributed by atoms with van der Waals surface area (Å²) in [5, 5.41) is 24.3. The molecule has 3 nitrogen and oxygen atoms in total. The number of nitriles is 1. The third kappa shape index (κ3) is 6.59. The standard InChI is InChI=1S/C6H6O.C3H5NO/c7-6-4-2-1-3-5-6;1-3(5)2-4/h1-5,7H;3,5H,1H3. The van der Waals surface area contributed by atoms with E-state index in [4.69, 9.17) is 15.5 Å². The maximum absolute atomic E-state index is 8.63. The third-order valence-corrected chi connectivity index (χ3v) is 0.943. The van der Waals surface area contributed by atoms with Gasteiger partial charge in [0.1, 0.15) is 11.9 Å². The topological polar surface area (TPSA) is 64.2 Å². The molecule has 2 N–H and O–H groups in total. The average molecular weight is 165 g/mol. The number of phenols is 1. The summed E-state index contributed by atoms with van der Waals surface area (Å²) in [5.74, 6) is 0.322. The number of aromatic hydroxyl groups is 1. The van der Waals surface area contributed by atoms with Crippen molar-refractivity contribution in [1.29, 1.82) is 5.26 Å². The number of aliphatic hydroxyl groups excluding tert-OH is 1. The average Bonchev–Trinajstić information content (AvgIpc) is 2.07. The summed E-state index contributed by atoms with van der Waals surface area (Å²) in [6.45, 7) is 1.42. The van der Waals surface area contributed by atoms with Crippen LogP contribution in [0.3, 0.4) is 0 Å². The molecule has 0 aliphatic heterocycles. The van der Waals surface area contributed by atoms with Gasteiger partial charge in [-0.15, -0.1) is 0 Å². The molecule has 1 atom stereocenters. The Morgan fingerprint density at radius 3 is 1.92 bits per heavy atom. The smallest absolute Gasteiger partial charge is 0.137 e. The van der Waals surface area contributed by atoms with Gasteiger partial charge in [-0.1, -0.05) is 18.2 Å². The molecule has 1 rings (SSSR count). The Hall–Kier alpha value is -1.53.